The van der Waals surface area contributed by atoms with Crippen LogP contribution in [-0.2, 0) is 6.54 Å². The maximum absolute atomic E-state index is 11.1. The fourth-order valence-electron chi connectivity index (χ4n) is 2.76. The lowest BCUT2D eigenvalue weighted by Crippen LogP contribution is -2.24. The molecule has 0 amide bonds. The third-order valence-corrected chi connectivity index (χ3v) is 3.76. The molecule has 3 rings (SSSR count). The summed E-state index contributed by atoms with van der Waals surface area (Å²) in [6.07, 6.45) is 5.03. The van der Waals surface area contributed by atoms with Crippen LogP contribution >= 0.6 is 0 Å². The van der Waals surface area contributed by atoms with Gasteiger partial charge in [-0.05, 0) is 31.0 Å². The molecule has 0 bridgehead atoms. The fraction of sp³-hybridized carbons (Fsp3) is 0.400. The summed E-state index contributed by atoms with van der Waals surface area (Å²) in [5, 5.41) is 13.3. The van der Waals surface area contributed by atoms with E-state index >= 15 is 0 Å². The monoisotopic (exact) mass is 259 g/mol. The molecular weight excluding hydrogens is 242 g/mol. The largest absolute Gasteiger partial charge is 0.478 e. The van der Waals surface area contributed by atoms with Gasteiger partial charge >= 0.3 is 5.97 Å². The molecule has 0 saturated heterocycles. The first-order chi connectivity index (χ1) is 9.24. The topological polar surface area (TPSA) is 62.5 Å². The summed E-state index contributed by atoms with van der Waals surface area (Å²) in [5.41, 5.74) is 0.941. The number of aromatic carboxylic acids is 1. The number of hydrogen-bond acceptors (Lipinski definition) is 3. The van der Waals surface area contributed by atoms with Gasteiger partial charge in [0.15, 0.2) is 0 Å². The van der Waals surface area contributed by atoms with Gasteiger partial charge in [-0.2, -0.15) is 0 Å². The van der Waals surface area contributed by atoms with Gasteiger partial charge in [0, 0.05) is 11.4 Å². The maximum Gasteiger partial charge on any atom is 0.336 e. The molecular formula is C15H17NO3. The predicted octanol–water partition coefficient (Wildman–Crippen LogP) is 3.16. The number of rotatable bonds is 4. The van der Waals surface area contributed by atoms with Crippen molar-refractivity contribution in [3.05, 3.63) is 35.6 Å². The van der Waals surface area contributed by atoms with Crippen LogP contribution in [0.2, 0.25) is 0 Å². The van der Waals surface area contributed by atoms with Crippen molar-refractivity contribution in [3.63, 3.8) is 0 Å². The van der Waals surface area contributed by atoms with E-state index in [4.69, 9.17) is 9.52 Å². The van der Waals surface area contributed by atoms with Gasteiger partial charge in [-0.3, -0.25) is 0 Å². The Hall–Kier alpha value is -1.81. The van der Waals surface area contributed by atoms with Crippen LogP contribution in [0.1, 0.15) is 41.8 Å². The summed E-state index contributed by atoms with van der Waals surface area (Å²) in [6, 6.07) is 7.53. The summed E-state index contributed by atoms with van der Waals surface area (Å²) in [6.45, 7) is 0.665. The van der Waals surface area contributed by atoms with Gasteiger partial charge in [0.1, 0.15) is 11.3 Å². The lowest BCUT2D eigenvalue weighted by Gasteiger charge is -2.09. The lowest BCUT2D eigenvalue weighted by molar-refractivity contribution is 0.0699. The van der Waals surface area contributed by atoms with E-state index < -0.39 is 5.97 Å². The number of nitrogens with one attached hydrogen (secondary N) is 1. The molecule has 1 aromatic heterocycles. The molecule has 1 aromatic carbocycles. The Morgan fingerprint density at radius 3 is 2.89 bits per heavy atom. The van der Waals surface area contributed by atoms with Gasteiger partial charge in [-0.1, -0.05) is 18.9 Å². The highest BCUT2D eigenvalue weighted by Crippen LogP contribution is 2.24. The fourth-order valence-corrected chi connectivity index (χ4v) is 2.76. The summed E-state index contributed by atoms with van der Waals surface area (Å²) >= 11 is 0. The van der Waals surface area contributed by atoms with Crippen molar-refractivity contribution < 1.29 is 14.3 Å². The van der Waals surface area contributed by atoms with Crippen LogP contribution in [0, 0.1) is 0 Å². The molecule has 1 aliphatic carbocycles. The molecule has 1 heterocycles. The smallest absolute Gasteiger partial charge is 0.336 e. The number of hydrogen-bond donors (Lipinski definition) is 2. The number of carboxylic acids is 1. The van der Waals surface area contributed by atoms with Crippen molar-refractivity contribution in [2.24, 2.45) is 0 Å². The van der Waals surface area contributed by atoms with Gasteiger partial charge in [-0.15, -0.1) is 0 Å². The number of carboxylic acid groups (broad SMARTS) is 1. The van der Waals surface area contributed by atoms with E-state index in [9.17, 15) is 4.79 Å². The Bertz CT molecular complexity index is 596. The summed E-state index contributed by atoms with van der Waals surface area (Å²) in [7, 11) is 0. The minimum atomic E-state index is -0.915. The number of benzene rings is 1. The van der Waals surface area contributed by atoms with Gasteiger partial charge in [-0.25, -0.2) is 4.79 Å². The molecule has 0 spiro atoms. The molecule has 4 heteroatoms. The van der Waals surface area contributed by atoms with Crippen LogP contribution in [0.25, 0.3) is 11.0 Å². The third kappa shape index (κ3) is 2.49. The highest BCUT2D eigenvalue weighted by molar-refractivity contribution is 6.02. The second kappa shape index (κ2) is 5.05. The summed E-state index contributed by atoms with van der Waals surface area (Å²) < 4.78 is 5.69. The van der Waals surface area contributed by atoms with Gasteiger partial charge in [0.05, 0.1) is 12.1 Å². The van der Waals surface area contributed by atoms with Crippen molar-refractivity contribution in [3.8, 4) is 0 Å². The van der Waals surface area contributed by atoms with Crippen molar-refractivity contribution >= 4 is 16.9 Å². The minimum Gasteiger partial charge on any atom is -0.478 e. The van der Waals surface area contributed by atoms with E-state index in [0.717, 1.165) is 5.76 Å². The lowest BCUT2D eigenvalue weighted by atomic mass is 10.1. The Labute approximate surface area is 111 Å². The molecule has 2 aromatic rings. The van der Waals surface area contributed by atoms with Crippen LogP contribution in [0.5, 0.6) is 0 Å². The van der Waals surface area contributed by atoms with Gasteiger partial charge < -0.3 is 14.8 Å². The van der Waals surface area contributed by atoms with Crippen LogP contribution in [0.3, 0.4) is 0 Å². The zero-order chi connectivity index (χ0) is 13.2. The van der Waals surface area contributed by atoms with Crippen molar-refractivity contribution in [1.29, 1.82) is 0 Å². The Kier molecular flexibility index (Phi) is 3.25. The van der Waals surface area contributed by atoms with Crippen LogP contribution in [-0.4, -0.2) is 17.1 Å². The average Bonchev–Trinajstić information content (AvgIpc) is 3.04. The molecule has 1 aliphatic rings. The van der Waals surface area contributed by atoms with E-state index in [2.05, 4.69) is 5.32 Å². The normalized spacial score (nSPS) is 16.2. The predicted molar refractivity (Wildman–Crippen MR) is 72.3 cm³/mol. The van der Waals surface area contributed by atoms with Crippen LogP contribution in [0.15, 0.2) is 28.7 Å². The first-order valence-corrected chi connectivity index (χ1v) is 6.72. The highest BCUT2D eigenvalue weighted by Gasteiger charge is 2.16. The summed E-state index contributed by atoms with van der Waals surface area (Å²) in [5.74, 6) is -0.114. The van der Waals surface area contributed by atoms with Gasteiger partial charge in [0.25, 0.3) is 0 Å². The first-order valence-electron chi connectivity index (χ1n) is 6.72. The van der Waals surface area contributed by atoms with Crippen molar-refractivity contribution in [1.82, 2.24) is 5.32 Å². The quantitative estimate of drug-likeness (QED) is 0.885. The standard InChI is InChI=1S/C15H17NO3/c17-15(18)12-6-3-7-14-13(12)8-11(19-14)9-16-10-4-1-2-5-10/h3,6-8,10,16H,1-2,4-5,9H2,(H,17,18). The third-order valence-electron chi connectivity index (χ3n) is 3.76. The molecule has 0 atom stereocenters. The number of furan rings is 1. The van der Waals surface area contributed by atoms with Crippen LogP contribution < -0.4 is 5.32 Å². The molecule has 2 N–H and O–H groups in total. The second-order valence-corrected chi connectivity index (χ2v) is 5.10. The summed E-state index contributed by atoms with van der Waals surface area (Å²) in [4.78, 5) is 11.1. The molecule has 1 fully saturated rings. The molecule has 1 saturated carbocycles. The SMILES string of the molecule is O=C(O)c1cccc2oc(CNC3CCCC3)cc12. The molecule has 100 valence electrons. The number of carbonyl (C=O) groups is 1. The Morgan fingerprint density at radius 2 is 2.16 bits per heavy atom. The van der Waals surface area contributed by atoms with E-state index in [1.807, 2.05) is 6.07 Å². The van der Waals surface area contributed by atoms with Gasteiger partial charge in [0.2, 0.25) is 0 Å². The highest BCUT2D eigenvalue weighted by atomic mass is 16.4. The molecule has 0 aliphatic heterocycles. The van der Waals surface area contributed by atoms with E-state index in [0.29, 0.717) is 29.1 Å². The maximum atomic E-state index is 11.1. The Balaban J connectivity index is 1.80. The molecule has 0 radical (unpaired) electrons. The molecule has 0 unspecified atom stereocenters. The zero-order valence-electron chi connectivity index (χ0n) is 10.7. The zero-order valence-corrected chi connectivity index (χ0v) is 10.7. The van der Waals surface area contributed by atoms with E-state index in [1.165, 1.54) is 25.7 Å². The van der Waals surface area contributed by atoms with E-state index in [-0.39, 0.29) is 0 Å². The van der Waals surface area contributed by atoms with E-state index in [1.54, 1.807) is 18.2 Å². The number of fused-ring (bicyclic) bond motifs is 1. The first kappa shape index (κ1) is 12.2. The average molecular weight is 259 g/mol. The second-order valence-electron chi connectivity index (χ2n) is 5.10. The van der Waals surface area contributed by atoms with Crippen molar-refractivity contribution in [2.75, 3.05) is 0 Å². The molecule has 19 heavy (non-hydrogen) atoms. The Morgan fingerprint density at radius 1 is 1.37 bits per heavy atom. The molecule has 4 nitrogen and oxygen atoms in total. The van der Waals surface area contributed by atoms with Crippen molar-refractivity contribution in [2.45, 2.75) is 38.3 Å². The van der Waals surface area contributed by atoms with Crippen LogP contribution in [0.4, 0.5) is 0 Å². The minimum absolute atomic E-state index is 0.299.